The van der Waals surface area contributed by atoms with Gasteiger partial charge in [0.1, 0.15) is 17.7 Å². The molecule has 1 aliphatic rings. The molecule has 0 aromatic heterocycles. The molecule has 1 aliphatic heterocycles. The van der Waals surface area contributed by atoms with Crippen molar-refractivity contribution in [1.29, 1.82) is 0 Å². The van der Waals surface area contributed by atoms with E-state index >= 15 is 0 Å². The number of ether oxygens (including phenoxy) is 2. The van der Waals surface area contributed by atoms with Crippen LogP contribution in [0.5, 0.6) is 11.5 Å². The predicted molar refractivity (Wildman–Crippen MR) is 116 cm³/mol. The lowest BCUT2D eigenvalue weighted by Crippen LogP contribution is -2.32. The standard InChI is InChI=1S/C22H18Cl2N2O3/c1-28-19-12-20(29-2)18(11-17(19)24)25-21-15-5-3-4-6-16(15)22(27)26(21)14-9-7-13(23)8-10-14/h3-12,21,25H,1-2H3/t21-/m1/s1. The Balaban J connectivity index is 1.80. The summed E-state index contributed by atoms with van der Waals surface area (Å²) in [4.78, 5) is 14.9. The largest absolute Gasteiger partial charge is 0.495 e. The molecule has 7 heteroatoms. The molecule has 0 aliphatic carbocycles. The van der Waals surface area contributed by atoms with Gasteiger partial charge >= 0.3 is 0 Å². The van der Waals surface area contributed by atoms with E-state index in [9.17, 15) is 4.79 Å². The van der Waals surface area contributed by atoms with Crippen LogP contribution >= 0.6 is 23.2 Å². The average molecular weight is 429 g/mol. The number of benzene rings is 3. The van der Waals surface area contributed by atoms with E-state index in [0.717, 1.165) is 11.3 Å². The van der Waals surface area contributed by atoms with Gasteiger partial charge in [0.05, 0.1) is 24.9 Å². The molecule has 3 aromatic rings. The van der Waals surface area contributed by atoms with Gasteiger partial charge in [0.2, 0.25) is 0 Å². The molecule has 0 fully saturated rings. The molecule has 1 N–H and O–H groups in total. The summed E-state index contributed by atoms with van der Waals surface area (Å²) in [7, 11) is 3.11. The Morgan fingerprint density at radius 3 is 2.31 bits per heavy atom. The van der Waals surface area contributed by atoms with Crippen molar-refractivity contribution >= 4 is 40.5 Å². The Morgan fingerprint density at radius 2 is 1.62 bits per heavy atom. The van der Waals surface area contributed by atoms with Crippen molar-refractivity contribution in [3.63, 3.8) is 0 Å². The van der Waals surface area contributed by atoms with Crippen LogP contribution in [0.2, 0.25) is 10.0 Å². The number of rotatable bonds is 5. The predicted octanol–water partition coefficient (Wildman–Crippen LogP) is 5.78. The van der Waals surface area contributed by atoms with E-state index < -0.39 is 6.17 Å². The fourth-order valence-corrected chi connectivity index (χ4v) is 3.81. The molecule has 0 saturated heterocycles. The Hall–Kier alpha value is -2.89. The summed E-state index contributed by atoms with van der Waals surface area (Å²) in [5.74, 6) is 0.963. The summed E-state index contributed by atoms with van der Waals surface area (Å²) in [6.07, 6.45) is -0.446. The number of hydrogen-bond acceptors (Lipinski definition) is 4. The lowest BCUT2D eigenvalue weighted by Gasteiger charge is -2.28. The summed E-state index contributed by atoms with van der Waals surface area (Å²) < 4.78 is 10.8. The third kappa shape index (κ3) is 3.48. The molecule has 0 saturated carbocycles. The second-order valence-electron chi connectivity index (χ2n) is 6.47. The van der Waals surface area contributed by atoms with Crippen LogP contribution < -0.4 is 19.7 Å². The van der Waals surface area contributed by atoms with E-state index in [1.807, 2.05) is 36.4 Å². The van der Waals surface area contributed by atoms with Crippen LogP contribution in [0.1, 0.15) is 22.1 Å². The quantitative estimate of drug-likeness (QED) is 0.559. The fraction of sp³-hybridized carbons (Fsp3) is 0.136. The van der Waals surface area contributed by atoms with Crippen molar-refractivity contribution in [3.05, 3.63) is 81.8 Å². The third-order valence-electron chi connectivity index (χ3n) is 4.83. The molecule has 1 amide bonds. The molecule has 3 aromatic carbocycles. The van der Waals surface area contributed by atoms with Gasteiger partial charge in [0.15, 0.2) is 0 Å². The van der Waals surface area contributed by atoms with Gasteiger partial charge in [0, 0.05) is 27.9 Å². The Bertz CT molecular complexity index is 1070. The van der Waals surface area contributed by atoms with Crippen molar-refractivity contribution in [2.24, 2.45) is 0 Å². The molecule has 4 rings (SSSR count). The van der Waals surface area contributed by atoms with Gasteiger partial charge in [-0.1, -0.05) is 41.4 Å². The zero-order valence-corrected chi connectivity index (χ0v) is 17.3. The van der Waals surface area contributed by atoms with Crippen molar-refractivity contribution in [3.8, 4) is 11.5 Å². The van der Waals surface area contributed by atoms with Crippen LogP contribution in [0.25, 0.3) is 0 Å². The molecule has 0 bridgehead atoms. The van der Waals surface area contributed by atoms with Crippen LogP contribution in [-0.4, -0.2) is 20.1 Å². The first kappa shape index (κ1) is 19.4. The Labute approximate surface area is 178 Å². The monoisotopic (exact) mass is 428 g/mol. The number of carbonyl (C=O) groups is 1. The van der Waals surface area contributed by atoms with Crippen LogP contribution in [0.3, 0.4) is 0 Å². The molecule has 0 unspecified atom stereocenters. The molecule has 0 spiro atoms. The zero-order chi connectivity index (χ0) is 20.5. The number of fused-ring (bicyclic) bond motifs is 1. The number of nitrogens with one attached hydrogen (secondary N) is 1. The van der Waals surface area contributed by atoms with Gasteiger partial charge in [-0.25, -0.2) is 0 Å². The molecule has 29 heavy (non-hydrogen) atoms. The highest BCUT2D eigenvalue weighted by Crippen LogP contribution is 2.42. The zero-order valence-electron chi connectivity index (χ0n) is 15.8. The SMILES string of the molecule is COc1cc(OC)c(N[C@H]2c3ccccc3C(=O)N2c2ccc(Cl)cc2)cc1Cl. The summed E-state index contributed by atoms with van der Waals surface area (Å²) in [5, 5.41) is 4.45. The van der Waals surface area contributed by atoms with Crippen molar-refractivity contribution in [2.75, 3.05) is 24.4 Å². The Morgan fingerprint density at radius 1 is 0.931 bits per heavy atom. The first-order valence-corrected chi connectivity index (χ1v) is 9.65. The first-order valence-electron chi connectivity index (χ1n) is 8.89. The van der Waals surface area contributed by atoms with E-state index in [4.69, 9.17) is 32.7 Å². The van der Waals surface area contributed by atoms with Gasteiger partial charge in [-0.3, -0.25) is 9.69 Å². The van der Waals surface area contributed by atoms with Gasteiger partial charge in [-0.05, 0) is 36.4 Å². The minimum atomic E-state index is -0.446. The summed E-state index contributed by atoms with van der Waals surface area (Å²) >= 11 is 12.4. The second-order valence-corrected chi connectivity index (χ2v) is 7.32. The van der Waals surface area contributed by atoms with Crippen molar-refractivity contribution < 1.29 is 14.3 Å². The number of carbonyl (C=O) groups excluding carboxylic acids is 1. The number of anilines is 2. The van der Waals surface area contributed by atoms with Gasteiger partial charge in [0.25, 0.3) is 5.91 Å². The molecule has 5 nitrogen and oxygen atoms in total. The van der Waals surface area contributed by atoms with E-state index in [-0.39, 0.29) is 5.91 Å². The highest BCUT2D eigenvalue weighted by atomic mass is 35.5. The maximum atomic E-state index is 13.2. The average Bonchev–Trinajstić information content (AvgIpc) is 3.01. The summed E-state index contributed by atoms with van der Waals surface area (Å²) in [6, 6.07) is 18.1. The highest BCUT2D eigenvalue weighted by molar-refractivity contribution is 6.32. The highest BCUT2D eigenvalue weighted by Gasteiger charge is 2.38. The van der Waals surface area contributed by atoms with Crippen molar-refractivity contribution in [2.45, 2.75) is 6.17 Å². The third-order valence-corrected chi connectivity index (χ3v) is 5.38. The maximum absolute atomic E-state index is 13.2. The molecular weight excluding hydrogens is 411 g/mol. The molecule has 1 heterocycles. The fourth-order valence-electron chi connectivity index (χ4n) is 3.45. The smallest absolute Gasteiger partial charge is 0.260 e. The van der Waals surface area contributed by atoms with Crippen molar-refractivity contribution in [1.82, 2.24) is 0 Å². The summed E-state index contributed by atoms with van der Waals surface area (Å²) in [6.45, 7) is 0. The molecule has 148 valence electrons. The number of methoxy groups -OCH3 is 2. The number of hydrogen-bond donors (Lipinski definition) is 1. The minimum Gasteiger partial charge on any atom is -0.495 e. The van der Waals surface area contributed by atoms with Crippen LogP contribution in [0.4, 0.5) is 11.4 Å². The van der Waals surface area contributed by atoms with E-state index in [2.05, 4.69) is 5.32 Å². The maximum Gasteiger partial charge on any atom is 0.260 e. The number of halogens is 2. The van der Waals surface area contributed by atoms with Gasteiger partial charge < -0.3 is 14.8 Å². The van der Waals surface area contributed by atoms with Gasteiger partial charge in [-0.15, -0.1) is 0 Å². The molecule has 0 radical (unpaired) electrons. The van der Waals surface area contributed by atoms with Crippen LogP contribution in [-0.2, 0) is 0 Å². The molecular formula is C22H18Cl2N2O3. The van der Waals surface area contributed by atoms with Crippen LogP contribution in [0.15, 0.2) is 60.7 Å². The molecule has 1 atom stereocenters. The van der Waals surface area contributed by atoms with Crippen LogP contribution in [0, 0.1) is 0 Å². The minimum absolute atomic E-state index is 0.0982. The van der Waals surface area contributed by atoms with E-state index in [1.54, 1.807) is 43.4 Å². The summed E-state index contributed by atoms with van der Waals surface area (Å²) in [5.41, 5.74) is 2.87. The first-order chi connectivity index (χ1) is 14.0. The lowest BCUT2D eigenvalue weighted by molar-refractivity contribution is 0.0993. The lowest BCUT2D eigenvalue weighted by atomic mass is 10.1. The Kier molecular flexibility index (Phi) is 5.26. The second kappa shape index (κ2) is 7.85. The normalized spacial score (nSPS) is 15.2. The van der Waals surface area contributed by atoms with Gasteiger partial charge in [-0.2, -0.15) is 0 Å². The van der Waals surface area contributed by atoms with E-state index in [0.29, 0.717) is 32.8 Å². The van der Waals surface area contributed by atoms with E-state index in [1.165, 1.54) is 0 Å². The number of amides is 1. The number of nitrogens with zero attached hydrogens (tertiary/aromatic N) is 1. The topological polar surface area (TPSA) is 50.8 Å².